The molecule has 6 nitrogen and oxygen atoms in total. The Morgan fingerprint density at radius 1 is 1.00 bits per heavy atom. The molecule has 124 valence electrons. The van der Waals surface area contributed by atoms with E-state index in [1.54, 1.807) is 42.5 Å². The Bertz CT molecular complexity index is 729. The second-order valence-electron chi connectivity index (χ2n) is 5.13. The lowest BCUT2D eigenvalue weighted by molar-refractivity contribution is -0.146. The molecule has 2 rings (SSSR count). The predicted octanol–water partition coefficient (Wildman–Crippen LogP) is 1.91. The van der Waals surface area contributed by atoms with E-state index < -0.39 is 18.5 Å². The van der Waals surface area contributed by atoms with Gasteiger partial charge in [-0.1, -0.05) is 30.3 Å². The van der Waals surface area contributed by atoms with Gasteiger partial charge in [0.2, 0.25) is 0 Å². The second-order valence-corrected chi connectivity index (χ2v) is 5.13. The van der Waals surface area contributed by atoms with Crippen molar-refractivity contribution in [3.63, 3.8) is 0 Å². The van der Waals surface area contributed by atoms with Crippen LogP contribution in [0.3, 0.4) is 0 Å². The summed E-state index contributed by atoms with van der Waals surface area (Å²) in [6.45, 7) is 1.20. The standard InChI is InChI=1S/C18H18N2O4/c1-13-6-5-9-15(10-13)20-16(21)12-24-17(22)11-19-18(23)14-7-3-2-4-8-14/h2-10H,11-12H2,1H3,(H,19,23)(H,20,21). The van der Waals surface area contributed by atoms with Crippen LogP contribution in [0.1, 0.15) is 15.9 Å². The Labute approximate surface area is 139 Å². The van der Waals surface area contributed by atoms with Gasteiger partial charge in [0.25, 0.3) is 11.8 Å². The van der Waals surface area contributed by atoms with Crippen LogP contribution in [0.25, 0.3) is 0 Å². The molecular formula is C18H18N2O4. The lowest BCUT2D eigenvalue weighted by Crippen LogP contribution is -2.32. The fourth-order valence-corrected chi connectivity index (χ4v) is 1.96. The number of carbonyl (C=O) groups excluding carboxylic acids is 3. The topological polar surface area (TPSA) is 84.5 Å². The quantitative estimate of drug-likeness (QED) is 0.794. The van der Waals surface area contributed by atoms with Crippen LogP contribution in [0.5, 0.6) is 0 Å². The Morgan fingerprint density at radius 3 is 2.46 bits per heavy atom. The zero-order valence-electron chi connectivity index (χ0n) is 13.2. The van der Waals surface area contributed by atoms with Gasteiger partial charge in [0.15, 0.2) is 6.61 Å². The first-order valence-corrected chi connectivity index (χ1v) is 7.40. The highest BCUT2D eigenvalue weighted by molar-refractivity contribution is 5.96. The minimum absolute atomic E-state index is 0.300. The molecule has 0 saturated heterocycles. The van der Waals surface area contributed by atoms with Gasteiger partial charge in [-0.2, -0.15) is 0 Å². The Hall–Kier alpha value is -3.15. The fraction of sp³-hybridized carbons (Fsp3) is 0.167. The van der Waals surface area contributed by atoms with Crippen LogP contribution >= 0.6 is 0 Å². The summed E-state index contributed by atoms with van der Waals surface area (Å²) in [6, 6.07) is 15.8. The third-order valence-electron chi connectivity index (χ3n) is 3.10. The molecule has 0 fully saturated rings. The zero-order valence-corrected chi connectivity index (χ0v) is 13.2. The normalized spacial score (nSPS) is 9.88. The van der Waals surface area contributed by atoms with Crippen molar-refractivity contribution in [2.45, 2.75) is 6.92 Å². The molecule has 0 spiro atoms. The minimum Gasteiger partial charge on any atom is -0.454 e. The average molecular weight is 326 g/mol. The maximum atomic E-state index is 11.8. The van der Waals surface area contributed by atoms with Gasteiger partial charge in [-0.15, -0.1) is 0 Å². The third kappa shape index (κ3) is 5.57. The maximum absolute atomic E-state index is 11.8. The van der Waals surface area contributed by atoms with Crippen molar-refractivity contribution in [1.82, 2.24) is 5.32 Å². The van der Waals surface area contributed by atoms with E-state index in [1.807, 2.05) is 19.1 Å². The molecule has 2 amide bonds. The summed E-state index contributed by atoms with van der Waals surface area (Å²) in [4.78, 5) is 35.0. The molecule has 6 heteroatoms. The largest absolute Gasteiger partial charge is 0.454 e. The van der Waals surface area contributed by atoms with E-state index >= 15 is 0 Å². The van der Waals surface area contributed by atoms with Gasteiger partial charge in [0.05, 0.1) is 0 Å². The highest BCUT2D eigenvalue weighted by atomic mass is 16.5. The molecule has 0 radical (unpaired) electrons. The van der Waals surface area contributed by atoms with Crippen LogP contribution in [0.15, 0.2) is 54.6 Å². The molecule has 0 unspecified atom stereocenters. The number of anilines is 1. The number of amides is 2. The maximum Gasteiger partial charge on any atom is 0.325 e. The summed E-state index contributed by atoms with van der Waals surface area (Å²) in [5.74, 6) is -1.50. The Balaban J connectivity index is 1.71. The van der Waals surface area contributed by atoms with Gasteiger partial charge in [-0.05, 0) is 36.8 Å². The summed E-state index contributed by atoms with van der Waals surface area (Å²) >= 11 is 0. The van der Waals surface area contributed by atoms with E-state index in [9.17, 15) is 14.4 Å². The molecule has 0 heterocycles. The minimum atomic E-state index is -0.682. The summed E-state index contributed by atoms with van der Waals surface area (Å²) < 4.78 is 4.83. The second kappa shape index (κ2) is 8.47. The van der Waals surface area contributed by atoms with E-state index in [0.717, 1.165) is 5.56 Å². The van der Waals surface area contributed by atoms with E-state index in [2.05, 4.69) is 10.6 Å². The highest BCUT2D eigenvalue weighted by Crippen LogP contribution is 2.09. The van der Waals surface area contributed by atoms with Crippen molar-refractivity contribution in [1.29, 1.82) is 0 Å². The molecule has 0 aliphatic heterocycles. The molecule has 0 bridgehead atoms. The molecule has 0 atom stereocenters. The van der Waals surface area contributed by atoms with Crippen molar-refractivity contribution in [2.75, 3.05) is 18.5 Å². The number of ether oxygens (including phenoxy) is 1. The summed E-state index contributed by atoms with van der Waals surface area (Å²) in [6.07, 6.45) is 0. The van der Waals surface area contributed by atoms with Crippen LogP contribution in [0.4, 0.5) is 5.69 Å². The lowest BCUT2D eigenvalue weighted by Gasteiger charge is -2.08. The monoisotopic (exact) mass is 326 g/mol. The van der Waals surface area contributed by atoms with Crippen molar-refractivity contribution in [2.24, 2.45) is 0 Å². The van der Waals surface area contributed by atoms with Gasteiger partial charge in [0, 0.05) is 11.3 Å². The average Bonchev–Trinajstić information content (AvgIpc) is 2.58. The molecule has 0 saturated carbocycles. The van der Waals surface area contributed by atoms with Crippen LogP contribution in [0, 0.1) is 6.92 Å². The number of esters is 1. The Kier molecular flexibility index (Phi) is 6.08. The SMILES string of the molecule is Cc1cccc(NC(=O)COC(=O)CNC(=O)c2ccccc2)c1. The van der Waals surface area contributed by atoms with E-state index in [0.29, 0.717) is 11.3 Å². The van der Waals surface area contributed by atoms with Crippen molar-refractivity contribution < 1.29 is 19.1 Å². The molecule has 2 aromatic rings. The number of hydrogen-bond donors (Lipinski definition) is 2. The zero-order chi connectivity index (χ0) is 17.4. The summed E-state index contributed by atoms with van der Waals surface area (Å²) in [7, 11) is 0. The number of carbonyl (C=O) groups is 3. The molecule has 2 aromatic carbocycles. The number of nitrogens with one attached hydrogen (secondary N) is 2. The molecule has 0 aliphatic rings. The van der Waals surface area contributed by atoms with Gasteiger partial charge in [0.1, 0.15) is 6.54 Å². The number of aryl methyl sites for hydroxylation is 1. The Morgan fingerprint density at radius 2 is 1.75 bits per heavy atom. The first-order chi connectivity index (χ1) is 11.5. The number of hydrogen-bond acceptors (Lipinski definition) is 4. The molecule has 24 heavy (non-hydrogen) atoms. The summed E-state index contributed by atoms with van der Waals surface area (Å²) in [5.41, 5.74) is 2.09. The predicted molar refractivity (Wildman–Crippen MR) is 89.5 cm³/mol. The first kappa shape index (κ1) is 17.2. The van der Waals surface area contributed by atoms with Gasteiger partial charge >= 0.3 is 5.97 Å². The lowest BCUT2D eigenvalue weighted by atomic mass is 10.2. The molecular weight excluding hydrogens is 308 g/mol. The van der Waals surface area contributed by atoms with E-state index in [4.69, 9.17) is 4.74 Å². The summed E-state index contributed by atoms with van der Waals surface area (Å²) in [5, 5.41) is 5.06. The fourth-order valence-electron chi connectivity index (χ4n) is 1.96. The van der Waals surface area contributed by atoms with Crippen molar-refractivity contribution in [3.8, 4) is 0 Å². The van der Waals surface area contributed by atoms with Crippen LogP contribution in [0.2, 0.25) is 0 Å². The van der Waals surface area contributed by atoms with E-state index in [-0.39, 0.29) is 12.5 Å². The van der Waals surface area contributed by atoms with Gasteiger partial charge in [-0.3, -0.25) is 14.4 Å². The number of benzene rings is 2. The molecule has 2 N–H and O–H groups in total. The van der Waals surface area contributed by atoms with E-state index in [1.165, 1.54) is 0 Å². The van der Waals surface area contributed by atoms with Crippen LogP contribution < -0.4 is 10.6 Å². The van der Waals surface area contributed by atoms with Crippen molar-refractivity contribution >= 4 is 23.5 Å². The van der Waals surface area contributed by atoms with Crippen molar-refractivity contribution in [3.05, 3.63) is 65.7 Å². The molecule has 0 aliphatic carbocycles. The van der Waals surface area contributed by atoms with Gasteiger partial charge in [-0.25, -0.2) is 0 Å². The first-order valence-electron chi connectivity index (χ1n) is 7.40. The highest BCUT2D eigenvalue weighted by Gasteiger charge is 2.10. The smallest absolute Gasteiger partial charge is 0.325 e. The number of rotatable bonds is 6. The van der Waals surface area contributed by atoms with Gasteiger partial charge < -0.3 is 15.4 Å². The van der Waals surface area contributed by atoms with Crippen LogP contribution in [-0.4, -0.2) is 30.9 Å². The third-order valence-corrected chi connectivity index (χ3v) is 3.10. The molecule has 0 aromatic heterocycles. The van der Waals surface area contributed by atoms with Crippen LogP contribution in [-0.2, 0) is 14.3 Å².